The molecule has 1 aromatic heterocycles. The van der Waals surface area contributed by atoms with Crippen LogP contribution in [0.3, 0.4) is 0 Å². The van der Waals surface area contributed by atoms with E-state index in [1.165, 1.54) is 19.2 Å². The van der Waals surface area contributed by atoms with E-state index in [1.54, 1.807) is 0 Å². The fraction of sp³-hybridized carbons (Fsp3) is 0.571. The lowest BCUT2D eigenvalue weighted by molar-refractivity contribution is -0.136. The van der Waals surface area contributed by atoms with Crippen molar-refractivity contribution in [3.63, 3.8) is 0 Å². The van der Waals surface area contributed by atoms with Crippen molar-refractivity contribution in [1.82, 2.24) is 4.98 Å². The minimum absolute atomic E-state index is 0.00790. The van der Waals surface area contributed by atoms with Gasteiger partial charge in [0.1, 0.15) is 0 Å². The van der Waals surface area contributed by atoms with Crippen molar-refractivity contribution < 1.29 is 23.4 Å². The molecule has 2 fully saturated rings. The van der Waals surface area contributed by atoms with Gasteiger partial charge in [0.25, 0.3) is 0 Å². The Bertz CT molecular complexity index is 526. The molecule has 2 heterocycles. The van der Waals surface area contributed by atoms with E-state index in [1.807, 2.05) is 0 Å². The van der Waals surface area contributed by atoms with Crippen molar-refractivity contribution in [2.45, 2.75) is 18.5 Å². The molecule has 20 heavy (non-hydrogen) atoms. The second-order valence-corrected chi connectivity index (χ2v) is 5.25. The summed E-state index contributed by atoms with van der Waals surface area (Å²) in [5.74, 6) is 0.121. The highest BCUT2D eigenvalue weighted by Gasteiger charge is 2.44. The SMILES string of the molecule is COC(=O)c1ccc(C2(F)COC2)c(OCC2CC2)n1. The van der Waals surface area contributed by atoms with Gasteiger partial charge in [-0.05, 0) is 30.9 Å². The normalized spacial score (nSPS) is 20.1. The molecule has 1 aliphatic heterocycles. The molecule has 1 saturated heterocycles. The van der Waals surface area contributed by atoms with Crippen LogP contribution in [0.2, 0.25) is 0 Å². The summed E-state index contributed by atoms with van der Waals surface area (Å²) in [5, 5.41) is 0. The number of esters is 1. The van der Waals surface area contributed by atoms with Gasteiger partial charge in [-0.3, -0.25) is 0 Å². The number of nitrogens with zero attached hydrogens (tertiary/aromatic N) is 1. The predicted molar refractivity (Wildman–Crippen MR) is 67.4 cm³/mol. The number of ether oxygens (including phenoxy) is 3. The minimum atomic E-state index is -1.57. The van der Waals surface area contributed by atoms with Gasteiger partial charge in [0.2, 0.25) is 5.88 Å². The number of carbonyl (C=O) groups excluding carboxylic acids is 1. The largest absolute Gasteiger partial charge is 0.477 e. The Hall–Kier alpha value is -1.69. The molecule has 0 bridgehead atoms. The summed E-state index contributed by atoms with van der Waals surface area (Å²) in [4.78, 5) is 15.6. The van der Waals surface area contributed by atoms with Gasteiger partial charge >= 0.3 is 5.97 Å². The van der Waals surface area contributed by atoms with E-state index >= 15 is 0 Å². The van der Waals surface area contributed by atoms with Crippen LogP contribution in [-0.4, -0.2) is 37.9 Å². The summed E-state index contributed by atoms with van der Waals surface area (Å²) in [6.07, 6.45) is 2.24. The van der Waals surface area contributed by atoms with Crippen LogP contribution in [-0.2, 0) is 15.1 Å². The van der Waals surface area contributed by atoms with Crippen LogP contribution in [0.5, 0.6) is 5.88 Å². The maximum Gasteiger partial charge on any atom is 0.356 e. The van der Waals surface area contributed by atoms with Crippen LogP contribution < -0.4 is 4.74 Å². The Balaban J connectivity index is 1.88. The third-order valence-corrected chi connectivity index (χ3v) is 3.55. The Morgan fingerprint density at radius 2 is 2.25 bits per heavy atom. The highest BCUT2D eigenvalue weighted by atomic mass is 19.1. The summed E-state index contributed by atoms with van der Waals surface area (Å²) < 4.78 is 29.7. The van der Waals surface area contributed by atoms with Gasteiger partial charge < -0.3 is 14.2 Å². The van der Waals surface area contributed by atoms with Crippen molar-refractivity contribution in [1.29, 1.82) is 0 Å². The van der Waals surface area contributed by atoms with Gasteiger partial charge in [-0.25, -0.2) is 14.2 Å². The second-order valence-electron chi connectivity index (χ2n) is 5.25. The topological polar surface area (TPSA) is 57.7 Å². The quantitative estimate of drug-likeness (QED) is 0.771. The third kappa shape index (κ3) is 2.47. The smallest absolute Gasteiger partial charge is 0.356 e. The lowest BCUT2D eigenvalue weighted by Crippen LogP contribution is -2.43. The van der Waals surface area contributed by atoms with E-state index in [0.29, 0.717) is 18.1 Å². The van der Waals surface area contributed by atoms with E-state index in [0.717, 1.165) is 12.8 Å². The Kier molecular flexibility index (Phi) is 3.33. The first-order valence-electron chi connectivity index (χ1n) is 6.62. The first kappa shape index (κ1) is 13.3. The number of pyridine rings is 1. The van der Waals surface area contributed by atoms with Crippen molar-refractivity contribution in [2.75, 3.05) is 26.9 Å². The Morgan fingerprint density at radius 1 is 1.50 bits per heavy atom. The van der Waals surface area contributed by atoms with Crippen LogP contribution in [0.15, 0.2) is 12.1 Å². The predicted octanol–water partition coefficient (Wildman–Crippen LogP) is 1.85. The molecule has 2 aliphatic rings. The molecule has 0 N–H and O–H groups in total. The fourth-order valence-corrected chi connectivity index (χ4v) is 2.03. The molecule has 0 unspecified atom stereocenters. The molecular formula is C14H16FNO4. The van der Waals surface area contributed by atoms with Crippen molar-refractivity contribution in [3.8, 4) is 5.88 Å². The number of carbonyl (C=O) groups is 1. The molecule has 0 amide bonds. The van der Waals surface area contributed by atoms with Crippen LogP contribution in [0.4, 0.5) is 4.39 Å². The highest BCUT2D eigenvalue weighted by Crippen LogP contribution is 2.39. The second kappa shape index (κ2) is 5.01. The van der Waals surface area contributed by atoms with Crippen LogP contribution >= 0.6 is 0 Å². The van der Waals surface area contributed by atoms with Gasteiger partial charge in [-0.1, -0.05) is 0 Å². The summed E-state index contributed by atoms with van der Waals surface area (Å²) in [7, 11) is 1.28. The first-order chi connectivity index (χ1) is 9.62. The molecule has 3 rings (SSSR count). The number of hydrogen-bond acceptors (Lipinski definition) is 5. The molecule has 1 saturated carbocycles. The molecule has 1 aliphatic carbocycles. The molecular weight excluding hydrogens is 265 g/mol. The number of halogens is 1. The first-order valence-corrected chi connectivity index (χ1v) is 6.62. The van der Waals surface area contributed by atoms with Crippen LogP contribution in [0.1, 0.15) is 28.9 Å². The fourth-order valence-electron chi connectivity index (χ4n) is 2.03. The zero-order valence-corrected chi connectivity index (χ0v) is 11.2. The van der Waals surface area contributed by atoms with Gasteiger partial charge in [-0.2, -0.15) is 0 Å². The summed E-state index contributed by atoms with van der Waals surface area (Å²) >= 11 is 0. The van der Waals surface area contributed by atoms with Gasteiger partial charge in [0.05, 0.1) is 32.5 Å². The standard InChI is InChI=1S/C14H16FNO4/c1-18-13(17)11-5-4-10(14(15)7-19-8-14)12(16-11)20-6-9-2-3-9/h4-5,9H,2-3,6-8H2,1H3. The molecule has 1 aromatic rings. The van der Waals surface area contributed by atoms with E-state index in [9.17, 15) is 9.18 Å². The van der Waals surface area contributed by atoms with E-state index in [2.05, 4.69) is 9.72 Å². The van der Waals surface area contributed by atoms with Gasteiger partial charge in [-0.15, -0.1) is 0 Å². The lowest BCUT2D eigenvalue weighted by atomic mass is 9.94. The molecule has 108 valence electrons. The van der Waals surface area contributed by atoms with Crippen LogP contribution in [0, 0.1) is 5.92 Å². The zero-order valence-electron chi connectivity index (χ0n) is 11.2. The summed E-state index contributed by atoms with van der Waals surface area (Å²) in [6, 6.07) is 2.98. The molecule has 5 nitrogen and oxygen atoms in total. The molecule has 0 atom stereocenters. The van der Waals surface area contributed by atoms with E-state index < -0.39 is 11.6 Å². The average Bonchev–Trinajstić information content (AvgIpc) is 3.25. The number of aromatic nitrogens is 1. The maximum absolute atomic E-state index is 14.5. The molecule has 0 radical (unpaired) electrons. The minimum Gasteiger partial charge on any atom is -0.477 e. The number of rotatable bonds is 5. The van der Waals surface area contributed by atoms with Gasteiger partial charge in [0.15, 0.2) is 11.4 Å². The van der Waals surface area contributed by atoms with E-state index in [-0.39, 0.29) is 24.8 Å². The number of methoxy groups -OCH3 is 1. The number of alkyl halides is 1. The Morgan fingerprint density at radius 3 is 2.80 bits per heavy atom. The lowest BCUT2D eigenvalue weighted by Gasteiger charge is -2.34. The molecule has 6 heteroatoms. The molecule has 0 spiro atoms. The van der Waals surface area contributed by atoms with Crippen molar-refractivity contribution in [2.24, 2.45) is 5.92 Å². The monoisotopic (exact) mass is 281 g/mol. The van der Waals surface area contributed by atoms with E-state index in [4.69, 9.17) is 9.47 Å². The third-order valence-electron chi connectivity index (χ3n) is 3.55. The average molecular weight is 281 g/mol. The van der Waals surface area contributed by atoms with Crippen molar-refractivity contribution in [3.05, 3.63) is 23.4 Å². The van der Waals surface area contributed by atoms with Crippen molar-refractivity contribution >= 4 is 5.97 Å². The number of hydrogen-bond donors (Lipinski definition) is 0. The zero-order chi connectivity index (χ0) is 14.2. The highest BCUT2D eigenvalue weighted by molar-refractivity contribution is 5.87. The van der Waals surface area contributed by atoms with Crippen LogP contribution in [0.25, 0.3) is 0 Å². The summed E-state index contributed by atoms with van der Waals surface area (Å²) in [6.45, 7) is 0.486. The molecule has 0 aromatic carbocycles. The maximum atomic E-state index is 14.5. The van der Waals surface area contributed by atoms with Gasteiger partial charge in [0, 0.05) is 0 Å². The Labute approximate surface area is 116 Å². The summed E-state index contributed by atoms with van der Waals surface area (Å²) in [5.41, 5.74) is -1.11.